The zero-order valence-electron chi connectivity index (χ0n) is 11.8. The molecule has 3 nitrogen and oxygen atoms in total. The maximum absolute atomic E-state index is 13.7. The van der Waals surface area contributed by atoms with Gasteiger partial charge in [-0.2, -0.15) is 0 Å². The Labute approximate surface area is 129 Å². The molecule has 3 rings (SSSR count). The van der Waals surface area contributed by atoms with Crippen LogP contribution in [0.1, 0.15) is 0 Å². The third-order valence-corrected chi connectivity index (χ3v) is 6.02. The van der Waals surface area contributed by atoms with Crippen LogP contribution in [0.4, 0.5) is 0 Å². The van der Waals surface area contributed by atoms with E-state index in [1.54, 1.807) is 84.9 Å². The average Bonchev–Trinajstić information content (AvgIpc) is 2.57. The Morgan fingerprint density at radius 2 is 1.00 bits per heavy atom. The third-order valence-electron chi connectivity index (χ3n) is 3.31. The second-order valence-electron chi connectivity index (χ2n) is 4.86. The van der Waals surface area contributed by atoms with Gasteiger partial charge in [0.05, 0.1) is 9.79 Å². The lowest BCUT2D eigenvalue weighted by atomic mass is 10.3. The van der Waals surface area contributed by atoms with Crippen LogP contribution in [-0.4, -0.2) is 8.76 Å². The first kappa shape index (κ1) is 14.5. The van der Waals surface area contributed by atoms with Crippen molar-refractivity contribution >= 4 is 9.63 Å². The largest absolute Gasteiger partial charge is 0.397 e. The van der Waals surface area contributed by atoms with E-state index in [0.717, 1.165) is 0 Å². The van der Waals surface area contributed by atoms with E-state index in [1.807, 2.05) is 6.07 Å². The normalized spacial score (nSPS) is 13.0. The molecule has 0 fully saturated rings. The van der Waals surface area contributed by atoms with E-state index in [4.69, 9.17) is 4.18 Å². The molecule has 0 unspecified atom stereocenters. The standard InChI is InChI=1S/C18H16O3S/c19-22(20,17-12-6-2-7-13-17,18-14-8-3-9-15-18)21-16-10-4-1-5-11-16/h1-15H,(H,19,20). The lowest BCUT2D eigenvalue weighted by Crippen LogP contribution is -2.38. The van der Waals surface area contributed by atoms with E-state index in [1.165, 1.54) is 0 Å². The highest BCUT2D eigenvalue weighted by Crippen LogP contribution is 2.42. The van der Waals surface area contributed by atoms with Crippen molar-refractivity contribution in [2.24, 2.45) is 0 Å². The summed E-state index contributed by atoms with van der Waals surface area (Å²) in [6.45, 7) is 0. The summed E-state index contributed by atoms with van der Waals surface area (Å²) in [6, 6.07) is 25.6. The molecular formula is C18H16O3S. The maximum Gasteiger partial charge on any atom is 0.172 e. The fourth-order valence-corrected chi connectivity index (χ4v) is 4.42. The lowest BCUT2D eigenvalue weighted by Gasteiger charge is -2.37. The van der Waals surface area contributed by atoms with Crippen molar-refractivity contribution in [3.63, 3.8) is 0 Å². The summed E-state index contributed by atoms with van der Waals surface area (Å²) in [5.41, 5.74) is 0. The summed E-state index contributed by atoms with van der Waals surface area (Å²) in [5.74, 6) is 0.342. The van der Waals surface area contributed by atoms with E-state index in [2.05, 4.69) is 0 Å². The van der Waals surface area contributed by atoms with Crippen molar-refractivity contribution < 1.29 is 12.9 Å². The van der Waals surface area contributed by atoms with Gasteiger partial charge in [-0.05, 0) is 36.4 Å². The molecule has 0 radical (unpaired) electrons. The quantitative estimate of drug-likeness (QED) is 0.777. The number of hydrogen-bond donors (Lipinski definition) is 1. The van der Waals surface area contributed by atoms with E-state index < -0.39 is 9.63 Å². The van der Waals surface area contributed by atoms with Crippen LogP contribution in [-0.2, 0) is 9.63 Å². The number of hydrogen-bond acceptors (Lipinski definition) is 2. The van der Waals surface area contributed by atoms with E-state index in [0.29, 0.717) is 5.75 Å². The van der Waals surface area contributed by atoms with Crippen LogP contribution < -0.4 is 4.18 Å². The van der Waals surface area contributed by atoms with Crippen LogP contribution >= 0.6 is 0 Å². The predicted molar refractivity (Wildman–Crippen MR) is 87.3 cm³/mol. The molecule has 3 aromatic rings. The third kappa shape index (κ3) is 2.54. The second kappa shape index (κ2) is 5.40. The lowest BCUT2D eigenvalue weighted by molar-refractivity contribution is 0.396. The molecule has 0 aliphatic heterocycles. The van der Waals surface area contributed by atoms with Gasteiger partial charge < -0.3 is 4.18 Å². The zero-order chi connectivity index (χ0) is 15.5. The van der Waals surface area contributed by atoms with Crippen molar-refractivity contribution in [2.75, 3.05) is 0 Å². The summed E-state index contributed by atoms with van der Waals surface area (Å²) >= 11 is 0. The topological polar surface area (TPSA) is 46.5 Å². The van der Waals surface area contributed by atoms with Gasteiger partial charge >= 0.3 is 0 Å². The second-order valence-corrected chi connectivity index (χ2v) is 7.64. The van der Waals surface area contributed by atoms with Gasteiger partial charge in [0.15, 0.2) is 9.63 Å². The van der Waals surface area contributed by atoms with E-state index in [-0.39, 0.29) is 9.79 Å². The SMILES string of the molecule is O=S(O)(Oc1ccccc1)(c1ccccc1)c1ccccc1. The molecule has 0 saturated carbocycles. The van der Waals surface area contributed by atoms with Crippen LogP contribution in [0.2, 0.25) is 0 Å². The molecule has 0 aliphatic carbocycles. The zero-order valence-corrected chi connectivity index (χ0v) is 12.6. The summed E-state index contributed by atoms with van der Waals surface area (Å²) in [4.78, 5) is 0.462. The fourth-order valence-electron chi connectivity index (χ4n) is 2.21. The number of benzene rings is 3. The molecule has 22 heavy (non-hydrogen) atoms. The fraction of sp³-hybridized carbons (Fsp3) is 0. The van der Waals surface area contributed by atoms with Gasteiger partial charge in [0.1, 0.15) is 5.75 Å². The van der Waals surface area contributed by atoms with Crippen molar-refractivity contribution in [3.05, 3.63) is 91.0 Å². The Hall–Kier alpha value is -2.43. The predicted octanol–water partition coefficient (Wildman–Crippen LogP) is 4.39. The van der Waals surface area contributed by atoms with E-state index >= 15 is 0 Å². The molecule has 0 amide bonds. The molecule has 0 heterocycles. The average molecular weight is 312 g/mol. The molecule has 0 aliphatic rings. The Morgan fingerprint density at radius 3 is 1.41 bits per heavy atom. The molecule has 4 heteroatoms. The number of para-hydroxylation sites is 1. The van der Waals surface area contributed by atoms with Crippen molar-refractivity contribution in [2.45, 2.75) is 9.79 Å². The summed E-state index contributed by atoms with van der Waals surface area (Å²) < 4.78 is 30.6. The first-order chi connectivity index (χ1) is 10.6. The summed E-state index contributed by atoms with van der Waals surface area (Å²) in [7, 11) is -4.69. The minimum absolute atomic E-state index is 0.231. The van der Waals surface area contributed by atoms with Gasteiger partial charge in [-0.25, -0.2) is 4.21 Å². The van der Waals surface area contributed by atoms with Gasteiger partial charge in [-0.15, -0.1) is 0 Å². The van der Waals surface area contributed by atoms with Crippen molar-refractivity contribution in [1.29, 1.82) is 0 Å². The molecule has 3 aromatic carbocycles. The summed E-state index contributed by atoms with van der Waals surface area (Å²) in [5, 5.41) is 0. The molecule has 0 spiro atoms. The smallest absolute Gasteiger partial charge is 0.172 e. The molecule has 0 atom stereocenters. The van der Waals surface area contributed by atoms with Crippen LogP contribution in [0.3, 0.4) is 0 Å². The van der Waals surface area contributed by atoms with Crippen LogP contribution in [0.15, 0.2) is 101 Å². The van der Waals surface area contributed by atoms with Gasteiger partial charge in [0.25, 0.3) is 0 Å². The first-order valence-corrected chi connectivity index (χ1v) is 8.71. The minimum atomic E-state index is -4.69. The molecule has 0 bridgehead atoms. The van der Waals surface area contributed by atoms with Gasteiger partial charge in [-0.1, -0.05) is 54.6 Å². The van der Waals surface area contributed by atoms with Gasteiger partial charge in [-0.3, -0.25) is 4.55 Å². The van der Waals surface area contributed by atoms with Gasteiger partial charge in [0.2, 0.25) is 0 Å². The highest BCUT2D eigenvalue weighted by molar-refractivity contribution is 8.11. The monoisotopic (exact) mass is 312 g/mol. The maximum atomic E-state index is 13.7. The van der Waals surface area contributed by atoms with Gasteiger partial charge in [0, 0.05) is 0 Å². The number of rotatable bonds is 4. The van der Waals surface area contributed by atoms with Crippen LogP contribution in [0.5, 0.6) is 5.75 Å². The van der Waals surface area contributed by atoms with Crippen molar-refractivity contribution in [3.8, 4) is 5.75 Å². The highest BCUT2D eigenvalue weighted by Gasteiger charge is 2.40. The molecule has 0 saturated heterocycles. The highest BCUT2D eigenvalue weighted by atomic mass is 32.3. The Balaban J connectivity index is 2.21. The van der Waals surface area contributed by atoms with Crippen molar-refractivity contribution in [1.82, 2.24) is 0 Å². The Morgan fingerprint density at radius 1 is 0.636 bits per heavy atom. The Bertz CT molecular complexity index is 771. The molecule has 1 N–H and O–H groups in total. The van der Waals surface area contributed by atoms with E-state index in [9.17, 15) is 8.76 Å². The first-order valence-electron chi connectivity index (χ1n) is 6.86. The molecule has 112 valence electrons. The Kier molecular flexibility index (Phi) is 3.56. The van der Waals surface area contributed by atoms with Crippen LogP contribution in [0, 0.1) is 0 Å². The summed E-state index contributed by atoms with van der Waals surface area (Å²) in [6.07, 6.45) is 0. The van der Waals surface area contributed by atoms with Crippen LogP contribution in [0.25, 0.3) is 0 Å². The molecular weight excluding hydrogens is 296 g/mol. The molecule has 0 aromatic heterocycles. The minimum Gasteiger partial charge on any atom is -0.397 e.